The zero-order chi connectivity index (χ0) is 16.2. The molecule has 0 saturated heterocycles. The Labute approximate surface area is 141 Å². The Hall–Kier alpha value is -2.40. The van der Waals surface area contributed by atoms with Crippen LogP contribution in [0.1, 0.15) is 0 Å². The molecule has 3 rings (SSSR count). The van der Waals surface area contributed by atoms with Gasteiger partial charge in [0, 0.05) is 10.2 Å². The molecule has 0 aliphatic rings. The van der Waals surface area contributed by atoms with Gasteiger partial charge >= 0.3 is 0 Å². The zero-order valence-corrected chi connectivity index (χ0v) is 13.6. The molecule has 0 bridgehead atoms. The third-order valence-corrected chi connectivity index (χ3v) is 3.75. The zero-order valence-electron chi connectivity index (χ0n) is 12.1. The molecule has 116 valence electrons. The Bertz CT molecular complexity index is 867. The third-order valence-electron chi connectivity index (χ3n) is 3.25. The first-order valence-corrected chi connectivity index (χ1v) is 7.77. The van der Waals surface area contributed by atoms with Crippen LogP contribution in [0.4, 0.5) is 10.1 Å². The highest BCUT2D eigenvalue weighted by Gasteiger charge is 2.05. The van der Waals surface area contributed by atoms with Crippen LogP contribution in [0.25, 0.3) is 10.8 Å². The van der Waals surface area contributed by atoms with Crippen molar-refractivity contribution in [3.63, 3.8) is 0 Å². The minimum absolute atomic E-state index is 0.140. The Kier molecular flexibility index (Phi) is 4.57. The number of anilines is 1. The van der Waals surface area contributed by atoms with E-state index in [0.717, 1.165) is 15.2 Å². The monoisotopic (exact) mass is 373 g/mol. The van der Waals surface area contributed by atoms with Gasteiger partial charge in [-0.1, -0.05) is 34.1 Å². The highest BCUT2D eigenvalue weighted by atomic mass is 79.9. The molecule has 0 heterocycles. The minimum atomic E-state index is -0.399. The molecule has 1 N–H and O–H groups in total. The topological polar surface area (TPSA) is 38.3 Å². The SMILES string of the molecule is O=C(COc1ccc2cc(Br)ccc2c1)Nc1cccc(F)c1. The number of fused-ring (bicyclic) bond motifs is 1. The molecule has 1 amide bonds. The van der Waals surface area contributed by atoms with Crippen LogP contribution in [0.5, 0.6) is 5.75 Å². The van der Waals surface area contributed by atoms with Crippen LogP contribution in [0, 0.1) is 5.82 Å². The normalized spacial score (nSPS) is 10.5. The lowest BCUT2D eigenvalue weighted by atomic mass is 10.1. The molecule has 0 saturated carbocycles. The summed E-state index contributed by atoms with van der Waals surface area (Å²) in [6.45, 7) is -0.140. The van der Waals surface area contributed by atoms with E-state index in [1.165, 1.54) is 18.2 Å². The van der Waals surface area contributed by atoms with Gasteiger partial charge in [0.05, 0.1) is 0 Å². The molecule has 0 aliphatic carbocycles. The summed E-state index contributed by atoms with van der Waals surface area (Å²) in [6, 6.07) is 17.3. The number of hydrogen-bond donors (Lipinski definition) is 1. The fourth-order valence-electron chi connectivity index (χ4n) is 2.20. The van der Waals surface area contributed by atoms with E-state index in [9.17, 15) is 9.18 Å². The molecule has 3 aromatic rings. The summed E-state index contributed by atoms with van der Waals surface area (Å²) in [5.74, 6) is -0.134. The van der Waals surface area contributed by atoms with Crippen LogP contribution < -0.4 is 10.1 Å². The van der Waals surface area contributed by atoms with Crippen molar-refractivity contribution in [2.45, 2.75) is 0 Å². The van der Waals surface area contributed by atoms with Gasteiger partial charge in [0.25, 0.3) is 5.91 Å². The fraction of sp³-hybridized carbons (Fsp3) is 0.0556. The van der Waals surface area contributed by atoms with Gasteiger partial charge in [-0.25, -0.2) is 4.39 Å². The number of nitrogens with one attached hydrogen (secondary N) is 1. The van der Waals surface area contributed by atoms with E-state index in [-0.39, 0.29) is 12.5 Å². The van der Waals surface area contributed by atoms with Crippen molar-refractivity contribution in [2.75, 3.05) is 11.9 Å². The average Bonchev–Trinajstić information content (AvgIpc) is 2.53. The van der Waals surface area contributed by atoms with Crippen molar-refractivity contribution in [3.8, 4) is 5.75 Å². The summed E-state index contributed by atoms with van der Waals surface area (Å²) in [7, 11) is 0. The van der Waals surface area contributed by atoms with Crippen molar-refractivity contribution in [1.29, 1.82) is 0 Å². The number of ether oxygens (including phenoxy) is 1. The van der Waals surface area contributed by atoms with Crippen molar-refractivity contribution in [3.05, 3.63) is 71.0 Å². The van der Waals surface area contributed by atoms with Gasteiger partial charge in [-0.05, 0) is 53.2 Å². The molecule has 0 atom stereocenters. The third kappa shape index (κ3) is 4.07. The maximum Gasteiger partial charge on any atom is 0.262 e. The van der Waals surface area contributed by atoms with E-state index < -0.39 is 5.82 Å². The van der Waals surface area contributed by atoms with Crippen LogP contribution >= 0.6 is 15.9 Å². The second-order valence-corrected chi connectivity index (χ2v) is 5.92. The summed E-state index contributed by atoms with van der Waals surface area (Å²) in [5.41, 5.74) is 0.405. The number of carbonyl (C=O) groups is 1. The van der Waals surface area contributed by atoms with Gasteiger partial charge in [-0.2, -0.15) is 0 Å². The first-order valence-electron chi connectivity index (χ1n) is 6.98. The summed E-state index contributed by atoms with van der Waals surface area (Å²) in [6.07, 6.45) is 0. The predicted octanol–water partition coefficient (Wildman–Crippen LogP) is 4.76. The van der Waals surface area contributed by atoms with E-state index in [1.807, 2.05) is 36.4 Å². The van der Waals surface area contributed by atoms with Gasteiger partial charge in [-0.3, -0.25) is 4.79 Å². The number of carbonyl (C=O) groups excluding carboxylic acids is 1. The maximum absolute atomic E-state index is 13.1. The van der Waals surface area contributed by atoms with Gasteiger partial charge in [0.2, 0.25) is 0 Å². The van der Waals surface area contributed by atoms with E-state index >= 15 is 0 Å². The van der Waals surface area contributed by atoms with E-state index in [0.29, 0.717) is 11.4 Å². The summed E-state index contributed by atoms with van der Waals surface area (Å²) in [5, 5.41) is 4.69. The van der Waals surface area contributed by atoms with Crippen LogP contribution in [-0.4, -0.2) is 12.5 Å². The molecule has 0 radical (unpaired) electrons. The Morgan fingerprint density at radius 3 is 2.65 bits per heavy atom. The summed E-state index contributed by atoms with van der Waals surface area (Å²) in [4.78, 5) is 11.8. The number of amides is 1. The Morgan fingerprint density at radius 1 is 1.04 bits per heavy atom. The number of halogens is 2. The number of hydrogen-bond acceptors (Lipinski definition) is 2. The minimum Gasteiger partial charge on any atom is -0.484 e. The average molecular weight is 374 g/mol. The first-order chi connectivity index (χ1) is 11.1. The maximum atomic E-state index is 13.1. The van der Waals surface area contributed by atoms with Crippen LogP contribution in [0.3, 0.4) is 0 Å². The molecule has 0 spiro atoms. The van der Waals surface area contributed by atoms with Gasteiger partial charge in [0.15, 0.2) is 6.61 Å². The lowest BCUT2D eigenvalue weighted by Crippen LogP contribution is -2.20. The summed E-state index contributed by atoms with van der Waals surface area (Å²) < 4.78 is 19.6. The van der Waals surface area contributed by atoms with Crippen molar-refractivity contribution in [2.24, 2.45) is 0 Å². The van der Waals surface area contributed by atoms with Crippen LogP contribution in [-0.2, 0) is 4.79 Å². The molecule has 0 aliphatic heterocycles. The number of rotatable bonds is 4. The fourth-order valence-corrected chi connectivity index (χ4v) is 2.58. The number of benzene rings is 3. The molecule has 0 unspecified atom stereocenters. The Balaban J connectivity index is 1.63. The van der Waals surface area contributed by atoms with Gasteiger partial charge in [0.1, 0.15) is 11.6 Å². The van der Waals surface area contributed by atoms with E-state index in [2.05, 4.69) is 21.2 Å². The highest BCUT2D eigenvalue weighted by molar-refractivity contribution is 9.10. The van der Waals surface area contributed by atoms with Crippen molar-refractivity contribution < 1.29 is 13.9 Å². The molecule has 3 aromatic carbocycles. The lowest BCUT2D eigenvalue weighted by Gasteiger charge is -2.08. The van der Waals surface area contributed by atoms with Gasteiger partial charge < -0.3 is 10.1 Å². The molecule has 0 fully saturated rings. The molecule has 5 heteroatoms. The van der Waals surface area contributed by atoms with Crippen molar-refractivity contribution in [1.82, 2.24) is 0 Å². The molecule has 0 aromatic heterocycles. The lowest BCUT2D eigenvalue weighted by molar-refractivity contribution is -0.118. The van der Waals surface area contributed by atoms with Gasteiger partial charge in [-0.15, -0.1) is 0 Å². The standard InChI is InChI=1S/C18H13BrFNO2/c19-14-6-4-13-9-17(7-5-12(13)8-14)23-11-18(22)21-16-3-1-2-15(20)10-16/h1-10H,11H2,(H,21,22). The van der Waals surface area contributed by atoms with E-state index in [4.69, 9.17) is 4.74 Å². The predicted molar refractivity (Wildman–Crippen MR) is 92.2 cm³/mol. The smallest absolute Gasteiger partial charge is 0.262 e. The summed E-state index contributed by atoms with van der Waals surface area (Å²) >= 11 is 3.43. The van der Waals surface area contributed by atoms with Crippen LogP contribution in [0.2, 0.25) is 0 Å². The second kappa shape index (κ2) is 6.79. The first kappa shape index (κ1) is 15.5. The quantitative estimate of drug-likeness (QED) is 0.715. The second-order valence-electron chi connectivity index (χ2n) is 5.00. The van der Waals surface area contributed by atoms with Crippen LogP contribution in [0.15, 0.2) is 65.1 Å². The Morgan fingerprint density at radius 2 is 1.83 bits per heavy atom. The van der Waals surface area contributed by atoms with Crippen molar-refractivity contribution >= 4 is 38.3 Å². The molecule has 3 nitrogen and oxygen atoms in total. The highest BCUT2D eigenvalue weighted by Crippen LogP contribution is 2.24. The molecule has 23 heavy (non-hydrogen) atoms. The molecular weight excluding hydrogens is 361 g/mol. The van der Waals surface area contributed by atoms with E-state index in [1.54, 1.807) is 6.07 Å². The largest absolute Gasteiger partial charge is 0.484 e. The molecular formula is C18H13BrFNO2.